The summed E-state index contributed by atoms with van der Waals surface area (Å²) in [6, 6.07) is 0. The molecule has 0 spiro atoms. The van der Waals surface area contributed by atoms with E-state index >= 15 is 0 Å². The zero-order valence-corrected chi connectivity index (χ0v) is 13.4. The van der Waals surface area contributed by atoms with E-state index in [0.29, 0.717) is 0 Å². The van der Waals surface area contributed by atoms with Gasteiger partial charge < -0.3 is 10.2 Å². The molecule has 0 radical (unpaired) electrons. The zero-order valence-electron chi connectivity index (χ0n) is 12.6. The first kappa shape index (κ1) is 15.7. The maximum absolute atomic E-state index is 4.42. The van der Waals surface area contributed by atoms with Gasteiger partial charge in [-0.3, -0.25) is 4.99 Å². The Bertz CT molecular complexity index is 264. The third kappa shape index (κ3) is 5.09. The average molecular weight is 271 g/mol. The summed E-state index contributed by atoms with van der Waals surface area (Å²) >= 11 is 2.11. The van der Waals surface area contributed by atoms with E-state index in [1.807, 2.05) is 7.05 Å². The van der Waals surface area contributed by atoms with Gasteiger partial charge in [-0.2, -0.15) is 11.8 Å². The highest BCUT2D eigenvalue weighted by atomic mass is 32.2. The summed E-state index contributed by atoms with van der Waals surface area (Å²) in [6.45, 7) is 12.4. The highest BCUT2D eigenvalue weighted by molar-refractivity contribution is 8.00. The summed E-state index contributed by atoms with van der Waals surface area (Å²) in [6.07, 6.45) is 1.20. The van der Waals surface area contributed by atoms with Crippen molar-refractivity contribution in [1.29, 1.82) is 0 Å². The molecule has 4 heteroatoms. The molecule has 3 nitrogen and oxygen atoms in total. The summed E-state index contributed by atoms with van der Waals surface area (Å²) in [5.74, 6) is 3.79. The lowest BCUT2D eigenvalue weighted by atomic mass is 10.1. The van der Waals surface area contributed by atoms with E-state index in [9.17, 15) is 0 Å². The first-order valence-electron chi connectivity index (χ1n) is 7.11. The third-order valence-electron chi connectivity index (χ3n) is 3.35. The van der Waals surface area contributed by atoms with Gasteiger partial charge in [0, 0.05) is 37.7 Å². The molecule has 1 N–H and O–H groups in total. The molecule has 18 heavy (non-hydrogen) atoms. The predicted octanol–water partition coefficient (Wildman–Crippen LogP) is 2.68. The lowest BCUT2D eigenvalue weighted by Crippen LogP contribution is -2.49. The number of hydrogen-bond donors (Lipinski definition) is 1. The van der Waals surface area contributed by atoms with E-state index in [1.54, 1.807) is 0 Å². The average Bonchev–Trinajstić information content (AvgIpc) is 2.34. The molecule has 1 fully saturated rings. The Hall–Kier alpha value is -0.380. The van der Waals surface area contributed by atoms with Crippen LogP contribution in [0.25, 0.3) is 0 Å². The molecule has 1 aliphatic rings. The summed E-state index contributed by atoms with van der Waals surface area (Å²) in [5.41, 5.74) is 0. The largest absolute Gasteiger partial charge is 0.356 e. The van der Waals surface area contributed by atoms with Crippen molar-refractivity contribution in [3.63, 3.8) is 0 Å². The minimum atomic E-state index is 0.738. The topological polar surface area (TPSA) is 27.6 Å². The van der Waals surface area contributed by atoms with Crippen LogP contribution in [0.4, 0.5) is 0 Å². The minimum Gasteiger partial charge on any atom is -0.356 e. The second-order valence-electron chi connectivity index (χ2n) is 5.76. The van der Waals surface area contributed by atoms with Gasteiger partial charge in [0.25, 0.3) is 0 Å². The molecule has 0 saturated carbocycles. The van der Waals surface area contributed by atoms with Gasteiger partial charge in [-0.25, -0.2) is 0 Å². The monoisotopic (exact) mass is 271 g/mol. The molecule has 1 atom stereocenters. The molecule has 0 bridgehead atoms. The fourth-order valence-electron chi connectivity index (χ4n) is 2.08. The molecule has 106 valence electrons. The number of guanidine groups is 1. The Morgan fingerprint density at radius 2 is 2.11 bits per heavy atom. The van der Waals surface area contributed by atoms with E-state index in [1.165, 1.54) is 12.2 Å². The Labute approximate surface area is 117 Å². The fourth-order valence-corrected chi connectivity index (χ4v) is 3.37. The highest BCUT2D eigenvalue weighted by Crippen LogP contribution is 2.24. The molecule has 1 heterocycles. The molecular weight excluding hydrogens is 242 g/mol. The number of hydrogen-bond acceptors (Lipinski definition) is 2. The summed E-state index contributed by atoms with van der Waals surface area (Å²) < 4.78 is 0. The van der Waals surface area contributed by atoms with Gasteiger partial charge in [0.1, 0.15) is 0 Å². The molecule has 0 amide bonds. The Morgan fingerprint density at radius 1 is 1.39 bits per heavy atom. The van der Waals surface area contributed by atoms with Crippen molar-refractivity contribution >= 4 is 17.7 Å². The van der Waals surface area contributed by atoms with Crippen LogP contribution in [0.15, 0.2) is 4.99 Å². The summed E-state index contributed by atoms with van der Waals surface area (Å²) in [4.78, 5) is 6.84. The normalized spacial score (nSPS) is 21.8. The van der Waals surface area contributed by atoms with Crippen molar-refractivity contribution in [2.45, 2.75) is 39.4 Å². The van der Waals surface area contributed by atoms with Crippen molar-refractivity contribution in [2.24, 2.45) is 16.8 Å². The van der Waals surface area contributed by atoms with Gasteiger partial charge in [-0.05, 0) is 18.3 Å². The maximum Gasteiger partial charge on any atom is 0.193 e. The van der Waals surface area contributed by atoms with Crippen LogP contribution >= 0.6 is 11.8 Å². The Kier molecular flexibility index (Phi) is 6.90. The van der Waals surface area contributed by atoms with Gasteiger partial charge in [0.05, 0.1) is 0 Å². The molecule has 0 aromatic rings. The van der Waals surface area contributed by atoms with Gasteiger partial charge >= 0.3 is 0 Å². The quantitative estimate of drug-likeness (QED) is 0.629. The SMILES string of the molecule is CN=C(NCCC(C)C)N1CCSC(C(C)C)C1. The zero-order chi connectivity index (χ0) is 13.5. The molecule has 0 aliphatic carbocycles. The number of aliphatic imine (C=N–C) groups is 1. The molecule has 0 aromatic carbocycles. The van der Waals surface area contributed by atoms with E-state index < -0.39 is 0 Å². The second kappa shape index (κ2) is 7.93. The lowest BCUT2D eigenvalue weighted by molar-refractivity contribution is 0.379. The van der Waals surface area contributed by atoms with Crippen LogP contribution in [-0.4, -0.2) is 48.5 Å². The third-order valence-corrected chi connectivity index (χ3v) is 4.89. The first-order chi connectivity index (χ1) is 8.54. The Morgan fingerprint density at radius 3 is 2.67 bits per heavy atom. The standard InChI is InChI=1S/C14H29N3S/c1-11(2)6-7-16-14(15-5)17-8-9-18-13(10-17)12(3)4/h11-13H,6-10H2,1-5H3,(H,15,16). The summed E-state index contributed by atoms with van der Waals surface area (Å²) in [7, 11) is 1.89. The van der Waals surface area contributed by atoms with Gasteiger partial charge in [0.2, 0.25) is 0 Å². The van der Waals surface area contributed by atoms with Gasteiger partial charge in [-0.15, -0.1) is 0 Å². The molecule has 0 aromatic heterocycles. The van der Waals surface area contributed by atoms with Gasteiger partial charge in [-0.1, -0.05) is 27.7 Å². The van der Waals surface area contributed by atoms with Crippen LogP contribution in [0.2, 0.25) is 0 Å². The van der Waals surface area contributed by atoms with Crippen molar-refractivity contribution in [3.05, 3.63) is 0 Å². The second-order valence-corrected chi connectivity index (χ2v) is 7.10. The number of rotatable bonds is 4. The maximum atomic E-state index is 4.42. The molecule has 1 unspecified atom stereocenters. The molecule has 1 aliphatic heterocycles. The van der Waals surface area contributed by atoms with Crippen LogP contribution in [0, 0.1) is 11.8 Å². The molecule has 1 rings (SSSR count). The fraction of sp³-hybridized carbons (Fsp3) is 0.929. The van der Waals surface area contributed by atoms with Crippen LogP contribution in [-0.2, 0) is 0 Å². The number of nitrogens with one attached hydrogen (secondary N) is 1. The van der Waals surface area contributed by atoms with Crippen LogP contribution in [0.5, 0.6) is 0 Å². The van der Waals surface area contributed by atoms with Crippen molar-refractivity contribution in [3.8, 4) is 0 Å². The summed E-state index contributed by atoms with van der Waals surface area (Å²) in [5, 5.41) is 4.23. The number of thioether (sulfide) groups is 1. The minimum absolute atomic E-state index is 0.738. The number of nitrogens with zero attached hydrogens (tertiary/aromatic N) is 2. The van der Waals surface area contributed by atoms with E-state index in [4.69, 9.17) is 0 Å². The smallest absolute Gasteiger partial charge is 0.193 e. The van der Waals surface area contributed by atoms with Crippen molar-refractivity contribution in [2.75, 3.05) is 32.4 Å². The van der Waals surface area contributed by atoms with Crippen LogP contribution in [0.3, 0.4) is 0 Å². The Balaban J connectivity index is 2.44. The van der Waals surface area contributed by atoms with E-state index in [2.05, 4.69) is 54.7 Å². The van der Waals surface area contributed by atoms with Gasteiger partial charge in [0.15, 0.2) is 5.96 Å². The van der Waals surface area contributed by atoms with Crippen LogP contribution < -0.4 is 5.32 Å². The van der Waals surface area contributed by atoms with E-state index in [0.717, 1.165) is 42.7 Å². The first-order valence-corrected chi connectivity index (χ1v) is 8.16. The predicted molar refractivity (Wildman–Crippen MR) is 83.5 cm³/mol. The molecule has 1 saturated heterocycles. The van der Waals surface area contributed by atoms with Crippen molar-refractivity contribution < 1.29 is 0 Å². The van der Waals surface area contributed by atoms with Crippen LogP contribution in [0.1, 0.15) is 34.1 Å². The molecular formula is C14H29N3S. The lowest BCUT2D eigenvalue weighted by Gasteiger charge is -2.36. The van der Waals surface area contributed by atoms with E-state index in [-0.39, 0.29) is 0 Å². The van der Waals surface area contributed by atoms with Crippen molar-refractivity contribution in [1.82, 2.24) is 10.2 Å². The highest BCUT2D eigenvalue weighted by Gasteiger charge is 2.24.